The maximum atomic E-state index is 11.7. The highest BCUT2D eigenvalue weighted by atomic mass is 16.6. The van der Waals surface area contributed by atoms with E-state index >= 15 is 0 Å². The van der Waals surface area contributed by atoms with E-state index in [2.05, 4.69) is 10.6 Å². The van der Waals surface area contributed by atoms with E-state index in [0.717, 1.165) is 6.42 Å². The second-order valence-electron chi connectivity index (χ2n) is 6.19. The Bertz CT molecular complexity index is 403. The van der Waals surface area contributed by atoms with Crippen molar-refractivity contribution in [1.82, 2.24) is 10.6 Å². The van der Waals surface area contributed by atoms with Crippen LogP contribution in [0.4, 0.5) is 4.79 Å². The topological polar surface area (TPSA) is 105 Å². The lowest BCUT2D eigenvalue weighted by Gasteiger charge is -2.27. The van der Waals surface area contributed by atoms with Gasteiger partial charge in [0.2, 0.25) is 5.91 Å². The van der Waals surface area contributed by atoms with Crippen molar-refractivity contribution < 1.29 is 24.2 Å². The minimum absolute atomic E-state index is 0.122. The molecule has 1 aliphatic heterocycles. The Hall–Kier alpha value is -1.63. The lowest BCUT2D eigenvalue weighted by Crippen LogP contribution is -2.48. The fraction of sp³-hybridized carbons (Fsp3) is 0.786. The van der Waals surface area contributed by atoms with Gasteiger partial charge in [-0.2, -0.15) is 0 Å². The van der Waals surface area contributed by atoms with Gasteiger partial charge in [-0.05, 0) is 40.0 Å². The van der Waals surface area contributed by atoms with E-state index in [1.165, 1.54) is 0 Å². The number of ether oxygens (including phenoxy) is 1. The van der Waals surface area contributed by atoms with Gasteiger partial charge < -0.3 is 20.5 Å². The Balaban J connectivity index is 2.65. The minimum Gasteiger partial charge on any atom is -0.444 e. The zero-order valence-corrected chi connectivity index (χ0v) is 12.8. The summed E-state index contributed by atoms with van der Waals surface area (Å²) in [6.07, 6.45) is 0.940. The monoisotopic (exact) mass is 300 g/mol. The first-order valence-corrected chi connectivity index (χ1v) is 7.13. The summed E-state index contributed by atoms with van der Waals surface area (Å²) < 4.78 is 5.09. The largest absolute Gasteiger partial charge is 0.444 e. The third-order valence-corrected chi connectivity index (χ3v) is 3.16. The van der Waals surface area contributed by atoms with Crippen LogP contribution in [0.25, 0.3) is 0 Å². The molecule has 3 N–H and O–H groups in total. The highest BCUT2D eigenvalue weighted by Crippen LogP contribution is 2.18. The van der Waals surface area contributed by atoms with E-state index in [0.29, 0.717) is 13.0 Å². The van der Waals surface area contributed by atoms with Gasteiger partial charge in [-0.1, -0.05) is 0 Å². The fourth-order valence-corrected chi connectivity index (χ4v) is 2.18. The van der Waals surface area contributed by atoms with E-state index in [-0.39, 0.29) is 18.2 Å². The van der Waals surface area contributed by atoms with Crippen LogP contribution in [0.5, 0.6) is 0 Å². The van der Waals surface area contributed by atoms with Crippen molar-refractivity contribution in [3.63, 3.8) is 0 Å². The molecule has 1 aliphatic rings. The molecule has 7 heteroatoms. The minimum atomic E-state index is -0.918. The van der Waals surface area contributed by atoms with Gasteiger partial charge in [0.15, 0.2) is 5.78 Å². The molecule has 0 aromatic rings. The first-order valence-electron chi connectivity index (χ1n) is 7.13. The summed E-state index contributed by atoms with van der Waals surface area (Å²) in [5.74, 6) is -0.989. The number of carbonyl (C=O) groups is 3. The van der Waals surface area contributed by atoms with Crippen LogP contribution >= 0.6 is 0 Å². The Morgan fingerprint density at radius 3 is 2.67 bits per heavy atom. The number of piperidine rings is 1. The van der Waals surface area contributed by atoms with Crippen LogP contribution in [0.2, 0.25) is 0 Å². The van der Waals surface area contributed by atoms with Crippen LogP contribution in [-0.2, 0) is 14.3 Å². The zero-order chi connectivity index (χ0) is 16.0. The quantitative estimate of drug-likeness (QED) is 0.680. The summed E-state index contributed by atoms with van der Waals surface area (Å²) in [5, 5.41) is 14.2. The molecule has 0 aromatic heterocycles. The van der Waals surface area contributed by atoms with Gasteiger partial charge in [-0.25, -0.2) is 4.79 Å². The van der Waals surface area contributed by atoms with E-state index in [9.17, 15) is 14.4 Å². The predicted molar refractivity (Wildman–Crippen MR) is 75.6 cm³/mol. The lowest BCUT2D eigenvalue weighted by molar-refractivity contribution is -0.128. The molecule has 1 rings (SSSR count). The van der Waals surface area contributed by atoms with E-state index < -0.39 is 30.1 Å². The number of rotatable bonds is 5. The highest BCUT2D eigenvalue weighted by Gasteiger charge is 2.30. The van der Waals surface area contributed by atoms with Gasteiger partial charge in [-0.15, -0.1) is 0 Å². The number of amides is 2. The Morgan fingerprint density at radius 1 is 1.48 bits per heavy atom. The van der Waals surface area contributed by atoms with Crippen molar-refractivity contribution in [2.75, 3.05) is 13.2 Å². The number of carbonyl (C=O) groups excluding carboxylic acids is 3. The van der Waals surface area contributed by atoms with Crippen molar-refractivity contribution in [2.45, 2.75) is 51.7 Å². The summed E-state index contributed by atoms with van der Waals surface area (Å²) >= 11 is 0. The molecule has 0 radical (unpaired) electrons. The molecule has 120 valence electrons. The van der Waals surface area contributed by atoms with Gasteiger partial charge in [0.25, 0.3) is 0 Å². The Morgan fingerprint density at radius 2 is 2.14 bits per heavy atom. The molecule has 0 spiro atoms. The molecule has 0 aromatic carbocycles. The SMILES string of the molecule is CC(C)(C)OC(=O)N[C@@H](C[C@@H]1CCCNC1=O)C(=O)CO. The first-order chi connectivity index (χ1) is 9.73. The number of aliphatic hydroxyl groups excluding tert-OH is 1. The number of Topliss-reactive ketones (excluding diaryl/α,β-unsaturated/α-hetero) is 1. The van der Waals surface area contributed by atoms with Gasteiger partial charge >= 0.3 is 6.09 Å². The average molecular weight is 300 g/mol. The number of hydrogen-bond donors (Lipinski definition) is 3. The Kier molecular flexibility index (Phi) is 6.14. The van der Waals surface area contributed by atoms with Crippen LogP contribution in [-0.4, -0.2) is 47.7 Å². The van der Waals surface area contributed by atoms with E-state index in [1.807, 2.05) is 0 Å². The van der Waals surface area contributed by atoms with Crippen molar-refractivity contribution in [1.29, 1.82) is 0 Å². The third-order valence-electron chi connectivity index (χ3n) is 3.16. The molecule has 1 fully saturated rings. The Labute approximate surface area is 124 Å². The molecule has 1 saturated heterocycles. The summed E-state index contributed by atoms with van der Waals surface area (Å²) in [5.41, 5.74) is -0.681. The zero-order valence-electron chi connectivity index (χ0n) is 12.8. The van der Waals surface area contributed by atoms with E-state index in [1.54, 1.807) is 20.8 Å². The van der Waals surface area contributed by atoms with Crippen LogP contribution in [0, 0.1) is 5.92 Å². The standard InChI is InChI=1S/C14H24N2O5/c1-14(2,3)21-13(20)16-10(11(18)8-17)7-9-5-4-6-15-12(9)19/h9-10,17H,4-8H2,1-3H3,(H,15,19)(H,16,20)/t9-,10-/m0/s1. The van der Waals surface area contributed by atoms with Crippen molar-refractivity contribution in [3.05, 3.63) is 0 Å². The fourth-order valence-electron chi connectivity index (χ4n) is 2.18. The smallest absolute Gasteiger partial charge is 0.408 e. The highest BCUT2D eigenvalue weighted by molar-refractivity contribution is 5.89. The van der Waals surface area contributed by atoms with Crippen LogP contribution in [0.3, 0.4) is 0 Å². The molecule has 0 aliphatic carbocycles. The summed E-state index contributed by atoms with van der Waals surface area (Å²) in [4.78, 5) is 35.2. The van der Waals surface area contributed by atoms with E-state index in [4.69, 9.17) is 9.84 Å². The molecule has 2 atom stereocenters. The molecule has 0 bridgehead atoms. The number of alkyl carbamates (subject to hydrolysis) is 1. The number of aliphatic hydroxyl groups is 1. The molecule has 0 saturated carbocycles. The number of hydrogen-bond acceptors (Lipinski definition) is 5. The predicted octanol–water partition coefficient (Wildman–Crippen LogP) is 0.357. The van der Waals surface area contributed by atoms with Crippen LogP contribution in [0.1, 0.15) is 40.0 Å². The number of ketones is 1. The van der Waals surface area contributed by atoms with Gasteiger partial charge in [0.1, 0.15) is 12.2 Å². The van der Waals surface area contributed by atoms with Gasteiger partial charge in [0.05, 0.1) is 6.04 Å². The average Bonchev–Trinajstić information content (AvgIpc) is 2.37. The second-order valence-corrected chi connectivity index (χ2v) is 6.19. The maximum absolute atomic E-state index is 11.7. The summed E-state index contributed by atoms with van der Waals surface area (Å²) in [7, 11) is 0. The second kappa shape index (κ2) is 7.40. The van der Waals surface area contributed by atoms with Crippen LogP contribution in [0.15, 0.2) is 0 Å². The van der Waals surface area contributed by atoms with Crippen molar-refractivity contribution in [3.8, 4) is 0 Å². The molecule has 0 unspecified atom stereocenters. The molecule has 21 heavy (non-hydrogen) atoms. The van der Waals surface area contributed by atoms with Gasteiger partial charge in [0, 0.05) is 12.5 Å². The van der Waals surface area contributed by atoms with Gasteiger partial charge in [-0.3, -0.25) is 9.59 Å². The lowest BCUT2D eigenvalue weighted by atomic mass is 9.90. The van der Waals surface area contributed by atoms with Crippen molar-refractivity contribution >= 4 is 17.8 Å². The molecular weight excluding hydrogens is 276 g/mol. The number of nitrogens with one attached hydrogen (secondary N) is 2. The first kappa shape index (κ1) is 17.4. The maximum Gasteiger partial charge on any atom is 0.408 e. The van der Waals surface area contributed by atoms with Crippen molar-refractivity contribution in [2.24, 2.45) is 5.92 Å². The summed E-state index contributed by atoms with van der Waals surface area (Å²) in [6.45, 7) is 5.08. The summed E-state index contributed by atoms with van der Waals surface area (Å²) in [6, 6.07) is -0.918. The molecular formula is C14H24N2O5. The third kappa shape index (κ3) is 6.12. The molecule has 2 amide bonds. The normalized spacial score (nSPS) is 20.4. The molecule has 7 nitrogen and oxygen atoms in total. The van der Waals surface area contributed by atoms with Crippen LogP contribution < -0.4 is 10.6 Å². The molecule has 1 heterocycles.